The Bertz CT molecular complexity index is 1240. The molecule has 0 fully saturated rings. The molecule has 0 saturated carbocycles. The molecule has 0 saturated heterocycles. The summed E-state index contributed by atoms with van der Waals surface area (Å²) in [6.45, 7) is -0.548. The van der Waals surface area contributed by atoms with E-state index < -0.39 is 28.5 Å². The summed E-state index contributed by atoms with van der Waals surface area (Å²) in [4.78, 5) is 24.7. The third kappa shape index (κ3) is 6.23. The first kappa shape index (κ1) is 23.6. The molecule has 0 aliphatic heterocycles. The highest BCUT2D eigenvalue weighted by Gasteiger charge is 2.16. The molecule has 0 atom stereocenters. The number of rotatable bonds is 9. The summed E-state index contributed by atoms with van der Waals surface area (Å²) >= 11 is 0. The van der Waals surface area contributed by atoms with Crippen molar-refractivity contribution in [3.05, 3.63) is 78.4 Å². The fraction of sp³-hybridized carbons (Fsp3) is 0.130. The van der Waals surface area contributed by atoms with Gasteiger partial charge in [-0.15, -0.1) is 0 Å². The first-order valence-electron chi connectivity index (χ1n) is 9.69. The van der Waals surface area contributed by atoms with Crippen LogP contribution in [0.1, 0.15) is 10.4 Å². The van der Waals surface area contributed by atoms with Crippen LogP contribution in [0.4, 0.5) is 11.4 Å². The van der Waals surface area contributed by atoms with Gasteiger partial charge in [0.05, 0.1) is 30.4 Å². The van der Waals surface area contributed by atoms with Gasteiger partial charge in [0.15, 0.2) is 6.61 Å². The summed E-state index contributed by atoms with van der Waals surface area (Å²) in [5.41, 5.74) is 0.649. The van der Waals surface area contributed by atoms with Gasteiger partial charge in [0.25, 0.3) is 15.9 Å². The minimum atomic E-state index is -3.81. The van der Waals surface area contributed by atoms with Crippen LogP contribution in [0.25, 0.3) is 0 Å². The van der Waals surface area contributed by atoms with Gasteiger partial charge in [-0.1, -0.05) is 24.3 Å². The first-order valence-corrected chi connectivity index (χ1v) is 11.2. The molecule has 0 radical (unpaired) electrons. The normalized spacial score (nSPS) is 10.7. The van der Waals surface area contributed by atoms with E-state index in [-0.39, 0.29) is 16.1 Å². The van der Waals surface area contributed by atoms with Crippen LogP contribution in [0.15, 0.2) is 77.7 Å². The average Bonchev–Trinajstić information content (AvgIpc) is 2.83. The van der Waals surface area contributed by atoms with E-state index in [4.69, 9.17) is 14.2 Å². The third-order valence-corrected chi connectivity index (χ3v) is 5.82. The van der Waals surface area contributed by atoms with Crippen LogP contribution in [0.2, 0.25) is 0 Å². The highest BCUT2D eigenvalue weighted by molar-refractivity contribution is 7.92. The highest BCUT2D eigenvalue weighted by atomic mass is 32.2. The minimum absolute atomic E-state index is 0.0816. The summed E-state index contributed by atoms with van der Waals surface area (Å²) in [6.07, 6.45) is 0. The van der Waals surface area contributed by atoms with Crippen molar-refractivity contribution in [2.45, 2.75) is 4.90 Å². The van der Waals surface area contributed by atoms with Crippen molar-refractivity contribution in [3.8, 4) is 11.5 Å². The predicted octanol–water partition coefficient (Wildman–Crippen LogP) is 3.30. The molecule has 0 bridgehead atoms. The average molecular weight is 471 g/mol. The van der Waals surface area contributed by atoms with E-state index in [0.29, 0.717) is 17.2 Å². The smallest absolute Gasteiger partial charge is 0.338 e. The van der Waals surface area contributed by atoms with Gasteiger partial charge >= 0.3 is 5.97 Å². The second kappa shape index (κ2) is 10.5. The number of carbonyl (C=O) groups excluding carboxylic acids is 2. The van der Waals surface area contributed by atoms with Gasteiger partial charge in [-0.05, 0) is 42.5 Å². The highest BCUT2D eigenvalue weighted by Crippen LogP contribution is 2.29. The molecule has 3 aromatic rings. The Kier molecular flexibility index (Phi) is 7.52. The Morgan fingerprint density at radius 1 is 0.879 bits per heavy atom. The largest absolute Gasteiger partial charge is 0.497 e. The van der Waals surface area contributed by atoms with Crippen LogP contribution < -0.4 is 19.5 Å². The lowest BCUT2D eigenvalue weighted by Gasteiger charge is -2.12. The molecule has 0 aromatic heterocycles. The van der Waals surface area contributed by atoms with Crippen LogP contribution in [0, 0.1) is 0 Å². The van der Waals surface area contributed by atoms with Crippen LogP contribution in [0.3, 0.4) is 0 Å². The molecule has 10 heteroatoms. The second-order valence-electron chi connectivity index (χ2n) is 6.69. The number of benzene rings is 3. The number of hydrogen-bond donors (Lipinski definition) is 2. The molecule has 0 aliphatic rings. The number of amides is 1. The van der Waals surface area contributed by atoms with E-state index in [1.54, 1.807) is 36.4 Å². The third-order valence-electron chi connectivity index (χ3n) is 4.42. The Morgan fingerprint density at radius 3 is 2.33 bits per heavy atom. The Labute approximate surface area is 191 Å². The zero-order valence-corrected chi connectivity index (χ0v) is 18.7. The number of ether oxygens (including phenoxy) is 3. The monoisotopic (exact) mass is 470 g/mol. The van der Waals surface area contributed by atoms with Gasteiger partial charge < -0.3 is 19.5 Å². The number of carbonyl (C=O) groups is 2. The van der Waals surface area contributed by atoms with Gasteiger partial charge in [-0.2, -0.15) is 0 Å². The van der Waals surface area contributed by atoms with Crippen LogP contribution in [0.5, 0.6) is 11.5 Å². The fourth-order valence-corrected chi connectivity index (χ4v) is 3.90. The van der Waals surface area contributed by atoms with Crippen LogP contribution in [-0.4, -0.2) is 41.1 Å². The zero-order chi connectivity index (χ0) is 23.8. The number of anilines is 2. The van der Waals surface area contributed by atoms with Crippen molar-refractivity contribution < 1.29 is 32.2 Å². The summed E-state index contributed by atoms with van der Waals surface area (Å²) < 4.78 is 42.7. The second-order valence-corrected chi connectivity index (χ2v) is 8.37. The summed E-state index contributed by atoms with van der Waals surface area (Å²) in [5.74, 6) is -0.424. The SMILES string of the molecule is COc1ccc(NC(=O)COC(=O)c2cccc(NS(=O)(=O)c3ccccc3)c2)c(OC)c1. The molecular weight excluding hydrogens is 448 g/mol. The molecular formula is C23H22N2O7S. The molecule has 0 spiro atoms. The minimum Gasteiger partial charge on any atom is -0.497 e. The lowest BCUT2D eigenvalue weighted by Crippen LogP contribution is -2.21. The van der Waals surface area contributed by atoms with E-state index in [0.717, 1.165) is 0 Å². The molecule has 0 aliphatic carbocycles. The Hall–Kier alpha value is -4.05. The van der Waals surface area contributed by atoms with E-state index in [9.17, 15) is 18.0 Å². The summed E-state index contributed by atoms with van der Waals surface area (Å²) in [6, 6.07) is 18.4. The molecule has 0 heterocycles. The maximum Gasteiger partial charge on any atom is 0.338 e. The molecule has 3 aromatic carbocycles. The van der Waals surface area contributed by atoms with E-state index >= 15 is 0 Å². The first-order chi connectivity index (χ1) is 15.8. The predicted molar refractivity (Wildman–Crippen MR) is 122 cm³/mol. The molecule has 9 nitrogen and oxygen atoms in total. The van der Waals surface area contributed by atoms with Gasteiger partial charge in [-0.25, -0.2) is 13.2 Å². The Balaban J connectivity index is 1.61. The molecule has 2 N–H and O–H groups in total. The van der Waals surface area contributed by atoms with E-state index in [2.05, 4.69) is 10.0 Å². The van der Waals surface area contributed by atoms with Gasteiger partial charge in [0.1, 0.15) is 11.5 Å². The van der Waals surface area contributed by atoms with E-state index in [1.165, 1.54) is 50.6 Å². The molecule has 3 rings (SSSR count). The zero-order valence-electron chi connectivity index (χ0n) is 17.9. The van der Waals surface area contributed by atoms with Crippen molar-refractivity contribution in [2.24, 2.45) is 0 Å². The fourth-order valence-electron chi connectivity index (χ4n) is 2.83. The van der Waals surface area contributed by atoms with E-state index in [1.807, 2.05) is 0 Å². The number of esters is 1. The number of hydrogen-bond acceptors (Lipinski definition) is 7. The summed E-state index contributed by atoms with van der Waals surface area (Å²) in [5, 5.41) is 2.59. The van der Waals surface area contributed by atoms with Crippen LogP contribution >= 0.6 is 0 Å². The molecule has 33 heavy (non-hydrogen) atoms. The van der Waals surface area contributed by atoms with Crippen molar-refractivity contribution >= 4 is 33.3 Å². The van der Waals surface area contributed by atoms with Crippen molar-refractivity contribution in [3.63, 3.8) is 0 Å². The number of sulfonamides is 1. The molecule has 172 valence electrons. The maximum atomic E-state index is 12.5. The lowest BCUT2D eigenvalue weighted by atomic mass is 10.2. The topological polar surface area (TPSA) is 120 Å². The maximum absolute atomic E-state index is 12.5. The standard InChI is InChI=1S/C23H22N2O7S/c1-30-18-11-12-20(21(14-18)31-2)24-22(26)15-32-23(27)16-7-6-8-17(13-16)25-33(28,29)19-9-4-3-5-10-19/h3-14,25H,15H2,1-2H3,(H,24,26). The van der Waals surface area contributed by atoms with Gasteiger partial charge in [-0.3, -0.25) is 9.52 Å². The number of nitrogens with one attached hydrogen (secondary N) is 2. The molecule has 0 unspecified atom stereocenters. The van der Waals surface area contributed by atoms with Gasteiger partial charge in [0.2, 0.25) is 0 Å². The van der Waals surface area contributed by atoms with Crippen LogP contribution in [-0.2, 0) is 19.6 Å². The molecule has 1 amide bonds. The summed E-state index contributed by atoms with van der Waals surface area (Å²) in [7, 11) is -0.859. The van der Waals surface area contributed by atoms with Gasteiger partial charge in [0, 0.05) is 11.8 Å². The Morgan fingerprint density at radius 2 is 1.64 bits per heavy atom. The number of methoxy groups -OCH3 is 2. The lowest BCUT2D eigenvalue weighted by molar-refractivity contribution is -0.119. The quantitative estimate of drug-likeness (QED) is 0.461. The van der Waals surface area contributed by atoms with Crippen molar-refractivity contribution in [2.75, 3.05) is 30.9 Å². The van der Waals surface area contributed by atoms with Crippen molar-refractivity contribution in [1.82, 2.24) is 0 Å². The van der Waals surface area contributed by atoms with Crippen molar-refractivity contribution in [1.29, 1.82) is 0 Å².